The van der Waals surface area contributed by atoms with Crippen LogP contribution in [-0.2, 0) is 11.2 Å². The SMILES string of the molecule is CCCCN=C(NCCNC(=O)C1CC1)NCCc1ccco1. The van der Waals surface area contributed by atoms with Crippen molar-refractivity contribution in [2.75, 3.05) is 26.2 Å². The van der Waals surface area contributed by atoms with Gasteiger partial charge in [0.15, 0.2) is 5.96 Å². The zero-order chi connectivity index (χ0) is 16.3. The molecule has 1 aromatic heterocycles. The molecule has 1 aliphatic rings. The third kappa shape index (κ3) is 7.21. The number of hydrogen-bond acceptors (Lipinski definition) is 3. The summed E-state index contributed by atoms with van der Waals surface area (Å²) in [5.41, 5.74) is 0. The molecule has 1 aliphatic carbocycles. The minimum atomic E-state index is 0.182. The van der Waals surface area contributed by atoms with Crippen molar-refractivity contribution in [2.24, 2.45) is 10.9 Å². The Balaban J connectivity index is 1.65. The molecule has 6 heteroatoms. The summed E-state index contributed by atoms with van der Waals surface area (Å²) >= 11 is 0. The van der Waals surface area contributed by atoms with Crippen molar-refractivity contribution in [3.05, 3.63) is 24.2 Å². The van der Waals surface area contributed by atoms with Gasteiger partial charge in [-0.1, -0.05) is 13.3 Å². The van der Waals surface area contributed by atoms with Gasteiger partial charge in [-0.2, -0.15) is 0 Å². The van der Waals surface area contributed by atoms with Gasteiger partial charge in [-0.25, -0.2) is 0 Å². The molecule has 23 heavy (non-hydrogen) atoms. The molecule has 0 atom stereocenters. The number of nitrogens with one attached hydrogen (secondary N) is 3. The normalized spacial score (nSPS) is 14.6. The van der Waals surface area contributed by atoms with E-state index in [-0.39, 0.29) is 11.8 Å². The molecular weight excluding hydrogens is 292 g/mol. The van der Waals surface area contributed by atoms with Gasteiger partial charge in [-0.05, 0) is 31.4 Å². The van der Waals surface area contributed by atoms with Gasteiger partial charge < -0.3 is 20.4 Å². The van der Waals surface area contributed by atoms with Crippen LogP contribution < -0.4 is 16.0 Å². The smallest absolute Gasteiger partial charge is 0.223 e. The first kappa shape index (κ1) is 17.4. The third-order valence-electron chi connectivity index (χ3n) is 3.69. The predicted molar refractivity (Wildman–Crippen MR) is 91.4 cm³/mol. The molecule has 2 rings (SSSR count). The fourth-order valence-electron chi connectivity index (χ4n) is 2.14. The predicted octanol–water partition coefficient (Wildman–Crippen LogP) is 1.68. The van der Waals surface area contributed by atoms with Crippen molar-refractivity contribution in [1.82, 2.24) is 16.0 Å². The molecule has 3 N–H and O–H groups in total. The molecular formula is C17H28N4O2. The lowest BCUT2D eigenvalue weighted by Gasteiger charge is -2.12. The van der Waals surface area contributed by atoms with Crippen molar-refractivity contribution in [3.8, 4) is 0 Å². The molecule has 128 valence electrons. The van der Waals surface area contributed by atoms with Crippen molar-refractivity contribution < 1.29 is 9.21 Å². The Hall–Kier alpha value is -1.98. The van der Waals surface area contributed by atoms with E-state index in [1.54, 1.807) is 6.26 Å². The van der Waals surface area contributed by atoms with Crippen LogP contribution in [0.2, 0.25) is 0 Å². The second-order valence-corrected chi connectivity index (χ2v) is 5.83. The molecule has 1 amide bonds. The van der Waals surface area contributed by atoms with E-state index in [4.69, 9.17) is 4.42 Å². The summed E-state index contributed by atoms with van der Waals surface area (Å²) in [5.74, 6) is 2.20. The van der Waals surface area contributed by atoms with Gasteiger partial charge >= 0.3 is 0 Å². The number of carbonyl (C=O) groups excluding carboxylic acids is 1. The Labute approximate surface area is 138 Å². The first-order chi connectivity index (χ1) is 11.3. The molecule has 6 nitrogen and oxygen atoms in total. The highest BCUT2D eigenvalue weighted by molar-refractivity contribution is 5.81. The minimum absolute atomic E-state index is 0.182. The van der Waals surface area contributed by atoms with E-state index in [9.17, 15) is 4.79 Å². The Morgan fingerprint density at radius 1 is 1.26 bits per heavy atom. The van der Waals surface area contributed by atoms with Crippen LogP contribution in [-0.4, -0.2) is 38.0 Å². The van der Waals surface area contributed by atoms with E-state index >= 15 is 0 Å². The van der Waals surface area contributed by atoms with Crippen LogP contribution in [0.25, 0.3) is 0 Å². The van der Waals surface area contributed by atoms with Gasteiger partial charge in [-0.15, -0.1) is 0 Å². The van der Waals surface area contributed by atoms with Crippen LogP contribution >= 0.6 is 0 Å². The first-order valence-corrected chi connectivity index (χ1v) is 8.62. The number of hydrogen-bond donors (Lipinski definition) is 3. The molecule has 0 unspecified atom stereocenters. The van der Waals surface area contributed by atoms with Gasteiger partial charge in [0.2, 0.25) is 5.91 Å². The van der Waals surface area contributed by atoms with Gasteiger partial charge in [0.05, 0.1) is 6.26 Å². The topological polar surface area (TPSA) is 78.7 Å². The number of amides is 1. The maximum absolute atomic E-state index is 11.6. The van der Waals surface area contributed by atoms with Crippen LogP contribution in [0, 0.1) is 5.92 Å². The zero-order valence-electron chi connectivity index (χ0n) is 13.9. The molecule has 0 saturated heterocycles. The quantitative estimate of drug-likeness (QED) is 0.348. The van der Waals surface area contributed by atoms with Crippen molar-refractivity contribution in [2.45, 2.75) is 39.0 Å². The maximum Gasteiger partial charge on any atom is 0.223 e. The summed E-state index contributed by atoms with van der Waals surface area (Å²) < 4.78 is 5.32. The van der Waals surface area contributed by atoms with E-state index < -0.39 is 0 Å². The summed E-state index contributed by atoms with van der Waals surface area (Å²) in [4.78, 5) is 16.1. The van der Waals surface area contributed by atoms with Gasteiger partial charge in [0, 0.05) is 38.5 Å². The fourth-order valence-corrected chi connectivity index (χ4v) is 2.14. The maximum atomic E-state index is 11.6. The molecule has 0 spiro atoms. The molecule has 0 aliphatic heterocycles. The van der Waals surface area contributed by atoms with E-state index in [2.05, 4.69) is 27.9 Å². The van der Waals surface area contributed by atoms with Gasteiger partial charge in [0.1, 0.15) is 5.76 Å². The number of rotatable bonds is 10. The van der Waals surface area contributed by atoms with Crippen molar-refractivity contribution in [1.29, 1.82) is 0 Å². The van der Waals surface area contributed by atoms with E-state index in [1.807, 2.05) is 12.1 Å². The molecule has 1 heterocycles. The van der Waals surface area contributed by atoms with E-state index in [1.165, 1.54) is 0 Å². The number of unbranched alkanes of at least 4 members (excludes halogenated alkanes) is 1. The summed E-state index contributed by atoms with van der Waals surface area (Å²) in [6.07, 6.45) is 6.78. The highest BCUT2D eigenvalue weighted by Crippen LogP contribution is 2.28. The minimum Gasteiger partial charge on any atom is -0.469 e. The number of carbonyl (C=O) groups is 1. The highest BCUT2D eigenvalue weighted by atomic mass is 16.3. The molecule has 1 saturated carbocycles. The second kappa shape index (κ2) is 9.92. The summed E-state index contributed by atoms with van der Waals surface area (Å²) in [7, 11) is 0. The second-order valence-electron chi connectivity index (χ2n) is 5.83. The number of guanidine groups is 1. The van der Waals surface area contributed by atoms with E-state index in [0.717, 1.165) is 56.9 Å². The average Bonchev–Trinajstić information content (AvgIpc) is 3.28. The first-order valence-electron chi connectivity index (χ1n) is 8.62. The summed E-state index contributed by atoms with van der Waals surface area (Å²) in [6, 6.07) is 3.86. The van der Waals surface area contributed by atoms with Crippen molar-refractivity contribution in [3.63, 3.8) is 0 Å². The largest absolute Gasteiger partial charge is 0.469 e. The van der Waals surface area contributed by atoms with Crippen LogP contribution in [0.15, 0.2) is 27.8 Å². The Morgan fingerprint density at radius 3 is 2.74 bits per heavy atom. The molecule has 1 aromatic rings. The summed E-state index contributed by atoms with van der Waals surface area (Å²) in [6.45, 7) is 5.03. The average molecular weight is 320 g/mol. The highest BCUT2D eigenvalue weighted by Gasteiger charge is 2.28. The zero-order valence-corrected chi connectivity index (χ0v) is 13.9. The third-order valence-corrected chi connectivity index (χ3v) is 3.69. The Bertz CT molecular complexity index is 481. The van der Waals surface area contributed by atoms with Gasteiger partial charge in [-0.3, -0.25) is 9.79 Å². The molecule has 0 radical (unpaired) electrons. The molecule has 0 bridgehead atoms. The van der Waals surface area contributed by atoms with Crippen molar-refractivity contribution >= 4 is 11.9 Å². The fraction of sp³-hybridized carbons (Fsp3) is 0.647. The van der Waals surface area contributed by atoms with Crippen LogP contribution in [0.4, 0.5) is 0 Å². The lowest BCUT2D eigenvalue weighted by Crippen LogP contribution is -2.42. The lowest BCUT2D eigenvalue weighted by molar-refractivity contribution is -0.122. The number of nitrogens with zero attached hydrogens (tertiary/aromatic N) is 1. The van der Waals surface area contributed by atoms with E-state index in [0.29, 0.717) is 13.1 Å². The monoisotopic (exact) mass is 320 g/mol. The molecule has 0 aromatic carbocycles. The van der Waals surface area contributed by atoms with Gasteiger partial charge in [0.25, 0.3) is 0 Å². The van der Waals surface area contributed by atoms with Crippen LogP contribution in [0.3, 0.4) is 0 Å². The standard InChI is InChI=1S/C17H28N4O2/c1-2-3-9-19-17(20-10-8-15-5-4-13-23-15)21-12-11-18-16(22)14-6-7-14/h4-5,13-14H,2-3,6-12H2,1H3,(H,18,22)(H2,19,20,21). The number of aliphatic imine (C=N–C) groups is 1. The Morgan fingerprint density at radius 2 is 2.04 bits per heavy atom. The lowest BCUT2D eigenvalue weighted by atomic mass is 10.3. The molecule has 1 fully saturated rings. The number of furan rings is 1. The van der Waals surface area contributed by atoms with Crippen LogP contribution in [0.5, 0.6) is 0 Å². The summed E-state index contributed by atoms with van der Waals surface area (Å²) in [5, 5.41) is 9.52. The Kier molecular flexibility index (Phi) is 7.49. The van der Waals surface area contributed by atoms with Crippen LogP contribution in [0.1, 0.15) is 38.4 Å².